The molecule has 3 rings (SSSR count). The highest BCUT2D eigenvalue weighted by Gasteiger charge is 2.17. The quantitative estimate of drug-likeness (QED) is 0.557. The molecular formula is C19H25N3O2S2. The molecule has 0 saturated carbocycles. The number of carbonyl (C=O) groups is 1. The molecule has 5 nitrogen and oxygen atoms in total. The van der Waals surface area contributed by atoms with E-state index in [0.29, 0.717) is 5.75 Å². The maximum absolute atomic E-state index is 12.4. The van der Waals surface area contributed by atoms with Gasteiger partial charge in [0.25, 0.3) is 0 Å². The van der Waals surface area contributed by atoms with Crippen LogP contribution in [0.25, 0.3) is 0 Å². The van der Waals surface area contributed by atoms with Gasteiger partial charge >= 0.3 is 0 Å². The summed E-state index contributed by atoms with van der Waals surface area (Å²) >= 11 is 2.92. The minimum Gasteiger partial charge on any atom is -0.376 e. The average molecular weight is 392 g/mol. The number of nitrogens with one attached hydrogen (secondary N) is 1. The second-order valence-corrected chi connectivity index (χ2v) is 9.63. The Balaban J connectivity index is 1.48. The summed E-state index contributed by atoms with van der Waals surface area (Å²) in [6.45, 7) is 8.11. The first-order chi connectivity index (χ1) is 12.4. The summed E-state index contributed by atoms with van der Waals surface area (Å²) in [5, 5.41) is 12.3. The normalized spacial score (nSPS) is 17.4. The van der Waals surface area contributed by atoms with Gasteiger partial charge in [-0.05, 0) is 23.8 Å². The minimum absolute atomic E-state index is 0.0931. The van der Waals surface area contributed by atoms with E-state index in [4.69, 9.17) is 4.74 Å². The molecule has 1 N–H and O–H groups in total. The van der Waals surface area contributed by atoms with Crippen LogP contribution in [0.1, 0.15) is 49.5 Å². The van der Waals surface area contributed by atoms with Crippen LogP contribution in [0.3, 0.4) is 0 Å². The van der Waals surface area contributed by atoms with E-state index >= 15 is 0 Å². The largest absolute Gasteiger partial charge is 0.376 e. The monoisotopic (exact) mass is 391 g/mol. The summed E-state index contributed by atoms with van der Waals surface area (Å²) in [5.74, 6) is 0.481. The number of aromatic nitrogens is 2. The summed E-state index contributed by atoms with van der Waals surface area (Å²) in [6, 6.07) is 7.91. The van der Waals surface area contributed by atoms with E-state index in [1.54, 1.807) is 0 Å². The summed E-state index contributed by atoms with van der Waals surface area (Å²) in [6.07, 6.45) is 2.49. The van der Waals surface area contributed by atoms with Crippen molar-refractivity contribution >= 4 is 34.0 Å². The summed E-state index contributed by atoms with van der Waals surface area (Å²) in [7, 11) is 0. The predicted molar refractivity (Wildman–Crippen MR) is 108 cm³/mol. The van der Waals surface area contributed by atoms with Gasteiger partial charge in [0.2, 0.25) is 5.13 Å². The van der Waals surface area contributed by atoms with Gasteiger partial charge in [-0.3, -0.25) is 4.79 Å². The van der Waals surface area contributed by atoms with Crippen LogP contribution in [0.4, 0.5) is 5.13 Å². The lowest BCUT2D eigenvalue weighted by atomic mass is 9.86. The second kappa shape index (κ2) is 8.50. The van der Waals surface area contributed by atoms with Crippen molar-refractivity contribution in [3.63, 3.8) is 0 Å². The van der Waals surface area contributed by atoms with E-state index in [1.165, 1.54) is 28.7 Å². The molecule has 1 aliphatic heterocycles. The number of carbonyl (C=O) groups excluding carboxylic acids is 1. The van der Waals surface area contributed by atoms with Gasteiger partial charge < -0.3 is 10.1 Å². The Morgan fingerprint density at radius 2 is 2.08 bits per heavy atom. The zero-order chi connectivity index (χ0) is 18.6. The molecule has 1 aromatic heterocycles. The van der Waals surface area contributed by atoms with Crippen molar-refractivity contribution in [2.75, 3.05) is 24.2 Å². The number of Topliss-reactive ketones (excluding diaryl/α,β-unsaturated/α-hetero) is 1. The van der Waals surface area contributed by atoms with Crippen LogP contribution in [-0.4, -0.2) is 41.0 Å². The molecule has 140 valence electrons. The van der Waals surface area contributed by atoms with Crippen molar-refractivity contribution in [2.24, 2.45) is 0 Å². The van der Waals surface area contributed by atoms with Crippen LogP contribution < -0.4 is 5.32 Å². The van der Waals surface area contributed by atoms with Crippen molar-refractivity contribution in [3.8, 4) is 0 Å². The number of thioether (sulfide) groups is 1. The first-order valence-corrected chi connectivity index (χ1v) is 10.7. The smallest absolute Gasteiger partial charge is 0.206 e. The topological polar surface area (TPSA) is 64.1 Å². The lowest BCUT2D eigenvalue weighted by Crippen LogP contribution is -2.18. The lowest BCUT2D eigenvalue weighted by Gasteiger charge is -2.18. The molecule has 1 saturated heterocycles. The van der Waals surface area contributed by atoms with E-state index in [-0.39, 0.29) is 17.3 Å². The highest BCUT2D eigenvalue weighted by molar-refractivity contribution is 8.01. The van der Waals surface area contributed by atoms with Gasteiger partial charge in [0, 0.05) is 18.7 Å². The fourth-order valence-electron chi connectivity index (χ4n) is 2.71. The van der Waals surface area contributed by atoms with Crippen LogP contribution >= 0.6 is 23.1 Å². The Morgan fingerprint density at radius 3 is 2.73 bits per heavy atom. The number of ketones is 1. The van der Waals surface area contributed by atoms with Crippen LogP contribution in [0.5, 0.6) is 0 Å². The van der Waals surface area contributed by atoms with Crippen molar-refractivity contribution in [3.05, 3.63) is 35.4 Å². The maximum atomic E-state index is 12.4. The van der Waals surface area contributed by atoms with E-state index in [0.717, 1.165) is 41.0 Å². The van der Waals surface area contributed by atoms with E-state index < -0.39 is 0 Å². The third-order valence-electron chi connectivity index (χ3n) is 4.31. The highest BCUT2D eigenvalue weighted by Crippen LogP contribution is 2.27. The fourth-order valence-corrected chi connectivity index (χ4v) is 4.37. The van der Waals surface area contributed by atoms with Crippen molar-refractivity contribution in [1.82, 2.24) is 10.2 Å². The average Bonchev–Trinajstić information content (AvgIpc) is 3.29. The Kier molecular flexibility index (Phi) is 6.32. The van der Waals surface area contributed by atoms with Crippen molar-refractivity contribution in [2.45, 2.75) is 49.5 Å². The molecule has 26 heavy (non-hydrogen) atoms. The molecular weight excluding hydrogens is 366 g/mol. The molecule has 0 bridgehead atoms. The number of ether oxygens (including phenoxy) is 1. The number of nitrogens with zero attached hydrogens (tertiary/aromatic N) is 2. The maximum Gasteiger partial charge on any atom is 0.206 e. The first-order valence-electron chi connectivity index (χ1n) is 8.87. The Labute approximate surface area is 162 Å². The molecule has 1 aliphatic rings. The molecule has 1 atom stereocenters. The fraction of sp³-hybridized carbons (Fsp3) is 0.526. The summed E-state index contributed by atoms with van der Waals surface area (Å²) < 4.78 is 6.39. The molecule has 2 heterocycles. The number of benzene rings is 1. The minimum atomic E-state index is 0.0931. The third-order valence-corrected chi connectivity index (χ3v) is 6.33. The Morgan fingerprint density at radius 1 is 1.31 bits per heavy atom. The number of hydrogen-bond acceptors (Lipinski definition) is 7. The van der Waals surface area contributed by atoms with Crippen LogP contribution in [0, 0.1) is 0 Å². The van der Waals surface area contributed by atoms with Gasteiger partial charge in [0.15, 0.2) is 10.1 Å². The SMILES string of the molecule is CC(C)(C)c1ccc(C(=O)CSc2nnc(NCC3CCCO3)s2)cc1. The van der Waals surface area contributed by atoms with Gasteiger partial charge in [0.05, 0.1) is 11.9 Å². The van der Waals surface area contributed by atoms with Gasteiger partial charge in [-0.15, -0.1) is 10.2 Å². The molecule has 7 heteroatoms. The van der Waals surface area contributed by atoms with Crippen molar-refractivity contribution in [1.29, 1.82) is 0 Å². The summed E-state index contributed by atoms with van der Waals surface area (Å²) in [5.41, 5.74) is 2.06. The number of anilines is 1. The zero-order valence-corrected chi connectivity index (χ0v) is 17.1. The van der Waals surface area contributed by atoms with Crippen LogP contribution in [0.2, 0.25) is 0 Å². The van der Waals surface area contributed by atoms with Crippen molar-refractivity contribution < 1.29 is 9.53 Å². The van der Waals surface area contributed by atoms with Gasteiger partial charge in [0.1, 0.15) is 0 Å². The molecule has 0 radical (unpaired) electrons. The third kappa shape index (κ3) is 5.28. The standard InChI is InChI=1S/C19H25N3O2S2/c1-19(2,3)14-8-6-13(7-9-14)16(23)12-25-18-22-21-17(26-18)20-11-15-5-4-10-24-15/h6-9,15H,4-5,10-12H2,1-3H3,(H,20,21). The predicted octanol–water partition coefficient (Wildman–Crippen LogP) is 4.40. The molecule has 1 aromatic carbocycles. The second-order valence-electron chi connectivity index (χ2n) is 7.43. The molecule has 0 aliphatic carbocycles. The molecule has 1 unspecified atom stereocenters. The molecule has 0 spiro atoms. The van der Waals surface area contributed by atoms with Gasteiger partial charge in [-0.1, -0.05) is 68.1 Å². The Bertz CT molecular complexity index is 732. The molecule has 2 aromatic rings. The first kappa shape index (κ1) is 19.3. The number of rotatable bonds is 7. The van der Waals surface area contributed by atoms with Crippen LogP contribution in [0.15, 0.2) is 28.6 Å². The van der Waals surface area contributed by atoms with Crippen LogP contribution in [-0.2, 0) is 10.2 Å². The lowest BCUT2D eigenvalue weighted by molar-refractivity contribution is 0.102. The highest BCUT2D eigenvalue weighted by atomic mass is 32.2. The number of hydrogen-bond donors (Lipinski definition) is 1. The van der Waals surface area contributed by atoms with E-state index in [2.05, 4.69) is 36.3 Å². The van der Waals surface area contributed by atoms with E-state index in [1.807, 2.05) is 24.3 Å². The summed E-state index contributed by atoms with van der Waals surface area (Å²) in [4.78, 5) is 12.4. The van der Waals surface area contributed by atoms with E-state index in [9.17, 15) is 4.79 Å². The van der Waals surface area contributed by atoms with Gasteiger partial charge in [-0.25, -0.2) is 0 Å². The zero-order valence-electron chi connectivity index (χ0n) is 15.4. The Hall–Kier alpha value is -1.44. The molecule has 1 fully saturated rings. The van der Waals surface area contributed by atoms with Gasteiger partial charge in [-0.2, -0.15) is 0 Å². The molecule has 0 amide bonds.